The smallest absolute Gasteiger partial charge is 0.332 e. The summed E-state index contributed by atoms with van der Waals surface area (Å²) in [6.45, 7) is 3.80. The molecule has 4 rings (SSSR count). The third kappa shape index (κ3) is 3.74. The number of imidazole rings is 1. The highest BCUT2D eigenvalue weighted by Crippen LogP contribution is 2.36. The van der Waals surface area contributed by atoms with Crippen molar-refractivity contribution in [3.05, 3.63) is 30.2 Å². The Balaban J connectivity index is 1.74. The first-order valence-corrected chi connectivity index (χ1v) is 9.96. The van der Waals surface area contributed by atoms with Crippen molar-refractivity contribution < 1.29 is 27.6 Å². The third-order valence-electron chi connectivity index (χ3n) is 5.05. The summed E-state index contributed by atoms with van der Waals surface area (Å²) in [5.74, 6) is -2.24. The number of amidine groups is 1. The van der Waals surface area contributed by atoms with E-state index >= 15 is 0 Å². The van der Waals surface area contributed by atoms with Crippen LogP contribution in [0.4, 0.5) is 19.0 Å². The quantitative estimate of drug-likeness (QED) is 0.673. The largest absolute Gasteiger partial charge is 0.493 e. The number of carbonyl (C=O) groups is 2. The molecule has 0 saturated heterocycles. The lowest BCUT2D eigenvalue weighted by molar-refractivity contribution is -0.249. The third-order valence-corrected chi connectivity index (χ3v) is 5.05. The van der Waals surface area contributed by atoms with Crippen LogP contribution in [0.25, 0.3) is 11.4 Å². The predicted molar refractivity (Wildman–Crippen MR) is 106 cm³/mol. The molecule has 0 saturated carbocycles. The summed E-state index contributed by atoms with van der Waals surface area (Å²) < 4.78 is 38.4. The molecule has 0 spiro atoms. The second kappa shape index (κ2) is 8.13. The minimum absolute atomic E-state index is 0.0844. The number of nitrogens with zero attached hydrogens (tertiary/aromatic N) is 6. The zero-order valence-corrected chi connectivity index (χ0v) is 17.3. The number of fused-ring (bicyclic) bond motifs is 2. The van der Waals surface area contributed by atoms with E-state index < -0.39 is 24.3 Å². The van der Waals surface area contributed by atoms with Gasteiger partial charge in [0.2, 0.25) is 6.29 Å². The molecule has 4 heterocycles. The van der Waals surface area contributed by atoms with Gasteiger partial charge in [0, 0.05) is 24.5 Å². The van der Waals surface area contributed by atoms with Crippen molar-refractivity contribution in [2.24, 2.45) is 5.10 Å². The van der Waals surface area contributed by atoms with Gasteiger partial charge < -0.3 is 14.7 Å². The molecule has 32 heavy (non-hydrogen) atoms. The van der Waals surface area contributed by atoms with Gasteiger partial charge in [-0.05, 0) is 25.5 Å². The van der Waals surface area contributed by atoms with E-state index in [9.17, 15) is 22.8 Å². The second-order valence-corrected chi connectivity index (χ2v) is 7.27. The second-order valence-electron chi connectivity index (χ2n) is 7.27. The highest BCUT2D eigenvalue weighted by molar-refractivity contribution is 6.10. The van der Waals surface area contributed by atoms with E-state index in [1.807, 2.05) is 6.92 Å². The number of anilines is 1. The number of hydroxylamine groups is 1. The van der Waals surface area contributed by atoms with Gasteiger partial charge in [-0.3, -0.25) is 9.78 Å². The number of aromatic amines is 1. The molecule has 0 radical (unpaired) electrons. The number of hydrogen-bond donors (Lipinski definition) is 1. The van der Waals surface area contributed by atoms with E-state index in [-0.39, 0.29) is 17.3 Å². The number of hydrogen-bond acceptors (Lipinski definition) is 8. The van der Waals surface area contributed by atoms with Crippen LogP contribution >= 0.6 is 0 Å². The maximum Gasteiger partial charge on any atom is 0.493 e. The van der Waals surface area contributed by atoms with Crippen LogP contribution in [0.15, 0.2) is 29.6 Å². The number of rotatable bonds is 6. The molecular weight excluding hydrogens is 431 g/mol. The molecule has 1 amide bonds. The fourth-order valence-corrected chi connectivity index (χ4v) is 3.57. The number of aromatic nitrogens is 3. The number of nitrogens with one attached hydrogen (secondary N) is 1. The molecule has 0 bridgehead atoms. The molecule has 1 N–H and O–H groups in total. The van der Waals surface area contributed by atoms with Gasteiger partial charge in [-0.25, -0.2) is 14.7 Å². The SMILES string of the molecule is CCCCCN1c2nc(-c3ccncc3)[nH]c2C(=O)N2C(C)=NN(OC(=O)C(F)(F)F)C21. The first-order valence-electron chi connectivity index (χ1n) is 9.96. The van der Waals surface area contributed by atoms with Crippen LogP contribution in [-0.2, 0) is 9.63 Å². The van der Waals surface area contributed by atoms with Crippen LogP contribution in [0, 0.1) is 0 Å². The molecule has 2 aliphatic rings. The lowest BCUT2D eigenvalue weighted by atomic mass is 10.2. The summed E-state index contributed by atoms with van der Waals surface area (Å²) in [4.78, 5) is 43.5. The van der Waals surface area contributed by atoms with Crippen molar-refractivity contribution in [1.29, 1.82) is 0 Å². The van der Waals surface area contributed by atoms with Crippen molar-refractivity contribution in [2.45, 2.75) is 45.6 Å². The summed E-state index contributed by atoms with van der Waals surface area (Å²) in [7, 11) is 0. The topological polar surface area (TPSA) is 107 Å². The molecule has 10 nitrogen and oxygen atoms in total. The van der Waals surface area contributed by atoms with E-state index in [0.717, 1.165) is 12.8 Å². The summed E-state index contributed by atoms with van der Waals surface area (Å²) in [6.07, 6.45) is -0.863. The van der Waals surface area contributed by atoms with Crippen LogP contribution in [0.3, 0.4) is 0 Å². The van der Waals surface area contributed by atoms with Crippen molar-refractivity contribution in [2.75, 3.05) is 11.4 Å². The summed E-state index contributed by atoms with van der Waals surface area (Å²) in [5, 5.41) is 4.39. The Labute approximate surface area is 180 Å². The molecule has 2 aromatic rings. The first kappa shape index (κ1) is 21.6. The number of H-pyrrole nitrogens is 1. The Morgan fingerprint density at radius 1 is 1.25 bits per heavy atom. The normalized spacial score (nSPS) is 17.9. The monoisotopic (exact) mass is 451 g/mol. The van der Waals surface area contributed by atoms with Gasteiger partial charge in [-0.15, -0.1) is 5.10 Å². The van der Waals surface area contributed by atoms with Gasteiger partial charge in [0.05, 0.1) is 0 Å². The van der Waals surface area contributed by atoms with Crippen molar-refractivity contribution >= 4 is 23.5 Å². The molecule has 1 unspecified atom stereocenters. The van der Waals surface area contributed by atoms with E-state index in [1.165, 1.54) is 11.8 Å². The Bertz CT molecular complexity index is 1050. The zero-order valence-electron chi connectivity index (χ0n) is 17.3. The minimum atomic E-state index is -5.21. The van der Waals surface area contributed by atoms with Gasteiger partial charge in [-0.2, -0.15) is 13.2 Å². The minimum Gasteiger partial charge on any atom is -0.332 e. The molecule has 2 aromatic heterocycles. The van der Waals surface area contributed by atoms with Crippen molar-refractivity contribution in [1.82, 2.24) is 25.0 Å². The van der Waals surface area contributed by atoms with Crippen LogP contribution in [0.5, 0.6) is 0 Å². The Kier molecular flexibility index (Phi) is 5.48. The lowest BCUT2D eigenvalue weighted by Gasteiger charge is -2.40. The first-order chi connectivity index (χ1) is 15.2. The van der Waals surface area contributed by atoms with Crippen LogP contribution < -0.4 is 4.90 Å². The van der Waals surface area contributed by atoms with Gasteiger partial charge in [0.1, 0.15) is 17.4 Å². The average Bonchev–Trinajstić information content (AvgIpc) is 3.33. The number of carbonyl (C=O) groups excluding carboxylic acids is 2. The predicted octanol–water partition coefficient (Wildman–Crippen LogP) is 2.88. The maximum absolute atomic E-state index is 13.2. The average molecular weight is 451 g/mol. The maximum atomic E-state index is 13.2. The van der Waals surface area contributed by atoms with Crippen molar-refractivity contribution in [3.8, 4) is 11.4 Å². The Morgan fingerprint density at radius 2 is 1.97 bits per heavy atom. The molecule has 0 fully saturated rings. The van der Waals surface area contributed by atoms with Crippen LogP contribution in [0.1, 0.15) is 43.6 Å². The summed E-state index contributed by atoms with van der Waals surface area (Å²) in [5.41, 5.74) is 0.852. The molecule has 2 aliphatic heterocycles. The van der Waals surface area contributed by atoms with Gasteiger partial charge >= 0.3 is 12.1 Å². The van der Waals surface area contributed by atoms with Crippen LogP contribution in [-0.4, -0.2) is 61.7 Å². The number of unbranched alkanes of at least 4 members (excludes halogenated alkanes) is 2. The summed E-state index contributed by atoms with van der Waals surface area (Å²) >= 11 is 0. The standard InChI is InChI=1S/C19H20F3N7O3/c1-3-4-5-10-27-15-13(24-14(25-15)12-6-8-23-9-7-12)16(30)28-11(2)26-29(18(27)28)32-17(31)19(20,21)22/h6-9,18H,3-5,10H2,1-2H3,(H,24,25). The molecular formula is C19H20F3N7O3. The molecule has 0 aliphatic carbocycles. The zero-order chi connectivity index (χ0) is 23.0. The molecule has 170 valence electrons. The van der Waals surface area contributed by atoms with Gasteiger partial charge in [0.25, 0.3) is 5.91 Å². The lowest BCUT2D eigenvalue weighted by Crippen LogP contribution is -2.60. The number of alkyl halides is 3. The van der Waals surface area contributed by atoms with E-state index in [0.29, 0.717) is 29.5 Å². The highest BCUT2D eigenvalue weighted by Gasteiger charge is 2.52. The highest BCUT2D eigenvalue weighted by atomic mass is 19.4. The number of amides is 1. The fourth-order valence-electron chi connectivity index (χ4n) is 3.57. The van der Waals surface area contributed by atoms with Crippen molar-refractivity contribution in [3.63, 3.8) is 0 Å². The number of hydrazone groups is 1. The van der Waals surface area contributed by atoms with E-state index in [1.54, 1.807) is 29.4 Å². The van der Waals surface area contributed by atoms with Crippen LogP contribution in [0.2, 0.25) is 0 Å². The molecule has 13 heteroatoms. The van der Waals surface area contributed by atoms with E-state index in [4.69, 9.17) is 0 Å². The Hall–Kier alpha value is -3.64. The summed E-state index contributed by atoms with van der Waals surface area (Å²) in [6, 6.07) is 3.42. The number of pyridine rings is 1. The molecule has 0 aromatic carbocycles. The van der Waals surface area contributed by atoms with Gasteiger partial charge in [-0.1, -0.05) is 24.9 Å². The van der Waals surface area contributed by atoms with E-state index in [2.05, 4.69) is 24.9 Å². The number of halogens is 3. The van der Waals surface area contributed by atoms with Gasteiger partial charge in [0.15, 0.2) is 5.82 Å². The fraction of sp³-hybridized carbons (Fsp3) is 0.421. The Morgan fingerprint density at radius 3 is 2.62 bits per heavy atom. The molecule has 1 atom stereocenters.